The molecule has 1 saturated carbocycles. The summed E-state index contributed by atoms with van der Waals surface area (Å²) in [4.78, 5) is 2.40. The van der Waals surface area contributed by atoms with Crippen LogP contribution in [-0.4, -0.2) is 50.5 Å². The fraction of sp³-hybridized carbons (Fsp3) is 1.00. The second kappa shape index (κ2) is 7.46. The molecule has 1 rings (SSSR count). The van der Waals surface area contributed by atoms with E-state index in [1.54, 1.807) is 0 Å². The average molecular weight is 276 g/mol. The van der Waals surface area contributed by atoms with Crippen molar-refractivity contribution in [1.29, 1.82) is 0 Å². The molecule has 0 amide bonds. The number of hydrogen-bond acceptors (Lipinski definition) is 4. The Morgan fingerprint density at radius 1 is 1.28 bits per heavy atom. The van der Waals surface area contributed by atoms with Crippen LogP contribution >= 0.6 is 0 Å². The van der Waals surface area contributed by atoms with Gasteiger partial charge in [0.2, 0.25) is 0 Å². The zero-order valence-electron chi connectivity index (χ0n) is 11.8. The highest BCUT2D eigenvalue weighted by Crippen LogP contribution is 2.27. The van der Waals surface area contributed by atoms with Crippen molar-refractivity contribution in [3.05, 3.63) is 0 Å². The van der Waals surface area contributed by atoms with Gasteiger partial charge >= 0.3 is 0 Å². The summed E-state index contributed by atoms with van der Waals surface area (Å²) < 4.78 is 23.4. The van der Waals surface area contributed by atoms with Gasteiger partial charge in [-0.05, 0) is 32.2 Å². The topological polar surface area (TPSA) is 63.4 Å². The van der Waals surface area contributed by atoms with Crippen LogP contribution in [-0.2, 0) is 9.84 Å². The maximum absolute atomic E-state index is 11.7. The van der Waals surface area contributed by atoms with Gasteiger partial charge in [-0.25, -0.2) is 8.42 Å². The van der Waals surface area contributed by atoms with Gasteiger partial charge in [0.05, 0.1) is 5.25 Å². The molecule has 0 bridgehead atoms. The Morgan fingerprint density at radius 2 is 2.00 bits per heavy atom. The summed E-state index contributed by atoms with van der Waals surface area (Å²) >= 11 is 0. The zero-order chi connectivity index (χ0) is 13.6. The molecule has 108 valence electrons. The van der Waals surface area contributed by atoms with E-state index in [2.05, 4.69) is 11.8 Å². The van der Waals surface area contributed by atoms with E-state index >= 15 is 0 Å². The number of nitrogens with zero attached hydrogens (tertiary/aromatic N) is 1. The summed E-state index contributed by atoms with van der Waals surface area (Å²) in [6.45, 7) is 4.78. The normalized spacial score (nSPS) is 25.6. The van der Waals surface area contributed by atoms with E-state index < -0.39 is 9.84 Å². The van der Waals surface area contributed by atoms with Gasteiger partial charge in [0.15, 0.2) is 0 Å². The predicted molar refractivity (Wildman–Crippen MR) is 76.4 cm³/mol. The van der Waals surface area contributed by atoms with Crippen LogP contribution in [0.25, 0.3) is 0 Å². The highest BCUT2D eigenvalue weighted by molar-refractivity contribution is 7.91. The van der Waals surface area contributed by atoms with Gasteiger partial charge in [-0.15, -0.1) is 0 Å². The predicted octanol–water partition coefficient (Wildman–Crippen LogP) is 1.40. The third-order valence-electron chi connectivity index (χ3n) is 3.94. The van der Waals surface area contributed by atoms with Crippen molar-refractivity contribution in [3.8, 4) is 0 Å². The minimum Gasteiger partial charge on any atom is -0.329 e. The van der Waals surface area contributed by atoms with Crippen molar-refractivity contribution >= 4 is 9.84 Å². The quantitative estimate of drug-likeness (QED) is 0.763. The first kappa shape index (κ1) is 15.9. The molecule has 1 aliphatic rings. The van der Waals surface area contributed by atoms with E-state index in [1.807, 2.05) is 0 Å². The Hall–Kier alpha value is -0.130. The Labute approximate surface area is 112 Å². The highest BCUT2D eigenvalue weighted by Gasteiger charge is 2.31. The molecule has 2 atom stereocenters. The highest BCUT2D eigenvalue weighted by atomic mass is 32.2. The summed E-state index contributed by atoms with van der Waals surface area (Å²) in [6, 6.07) is 0.411. The molecule has 0 radical (unpaired) electrons. The van der Waals surface area contributed by atoms with Crippen LogP contribution in [0.3, 0.4) is 0 Å². The lowest BCUT2D eigenvalue weighted by atomic mass is 9.93. The molecule has 0 saturated heterocycles. The molecule has 2 N–H and O–H groups in total. The summed E-state index contributed by atoms with van der Waals surface area (Å²) in [5, 5.41) is -0.141. The van der Waals surface area contributed by atoms with Crippen LogP contribution in [0.1, 0.15) is 45.4 Å². The minimum absolute atomic E-state index is 0.141. The van der Waals surface area contributed by atoms with Crippen molar-refractivity contribution in [3.63, 3.8) is 0 Å². The third kappa shape index (κ3) is 4.86. The monoisotopic (exact) mass is 276 g/mol. The molecule has 1 fully saturated rings. The van der Waals surface area contributed by atoms with Crippen molar-refractivity contribution in [2.75, 3.05) is 25.9 Å². The third-order valence-corrected chi connectivity index (χ3v) is 5.57. The van der Waals surface area contributed by atoms with Crippen LogP contribution < -0.4 is 5.73 Å². The van der Waals surface area contributed by atoms with Gasteiger partial charge in [-0.3, -0.25) is 4.90 Å². The lowest BCUT2D eigenvalue weighted by Crippen LogP contribution is -2.44. The van der Waals surface area contributed by atoms with Crippen molar-refractivity contribution < 1.29 is 8.42 Å². The molecule has 18 heavy (non-hydrogen) atoms. The minimum atomic E-state index is -2.89. The SMILES string of the molecule is CCCCN(CCN)C1CCCC(S(C)(=O)=O)C1. The van der Waals surface area contributed by atoms with Crippen LogP contribution in [0.4, 0.5) is 0 Å². The van der Waals surface area contributed by atoms with Crippen molar-refractivity contribution in [1.82, 2.24) is 4.90 Å². The Kier molecular flexibility index (Phi) is 6.60. The summed E-state index contributed by atoms with van der Waals surface area (Å²) in [7, 11) is -2.89. The smallest absolute Gasteiger partial charge is 0.150 e. The van der Waals surface area contributed by atoms with Gasteiger partial charge in [0.25, 0.3) is 0 Å². The van der Waals surface area contributed by atoms with E-state index in [0.717, 1.165) is 38.8 Å². The molecule has 0 spiro atoms. The first-order valence-corrected chi connectivity index (χ1v) is 9.07. The summed E-state index contributed by atoms with van der Waals surface area (Å²) in [6.07, 6.45) is 7.48. The average Bonchev–Trinajstić information content (AvgIpc) is 2.33. The van der Waals surface area contributed by atoms with Crippen LogP contribution in [0, 0.1) is 0 Å². The molecule has 0 aliphatic heterocycles. The maximum Gasteiger partial charge on any atom is 0.150 e. The van der Waals surface area contributed by atoms with Crippen LogP contribution in [0.2, 0.25) is 0 Å². The fourth-order valence-corrected chi connectivity index (χ4v) is 4.01. The molecule has 2 unspecified atom stereocenters. The second-order valence-corrected chi connectivity index (χ2v) is 7.78. The molecule has 0 aromatic rings. The van der Waals surface area contributed by atoms with E-state index in [4.69, 9.17) is 5.73 Å². The molecular formula is C13H28N2O2S. The first-order valence-electron chi connectivity index (χ1n) is 7.12. The second-order valence-electron chi connectivity index (χ2n) is 5.45. The van der Waals surface area contributed by atoms with Gasteiger partial charge < -0.3 is 5.73 Å². The standard InChI is InChI=1S/C13H28N2O2S/c1-3-4-9-15(10-8-14)12-6-5-7-13(11-12)18(2,16)17/h12-13H,3-11,14H2,1-2H3. The lowest BCUT2D eigenvalue weighted by molar-refractivity contribution is 0.159. The number of rotatable bonds is 7. The van der Waals surface area contributed by atoms with E-state index in [-0.39, 0.29) is 5.25 Å². The molecular weight excluding hydrogens is 248 g/mol. The van der Waals surface area contributed by atoms with Gasteiger partial charge in [0.1, 0.15) is 9.84 Å². The van der Waals surface area contributed by atoms with Crippen molar-refractivity contribution in [2.24, 2.45) is 5.73 Å². The van der Waals surface area contributed by atoms with Gasteiger partial charge in [0, 0.05) is 25.4 Å². The van der Waals surface area contributed by atoms with E-state index in [9.17, 15) is 8.42 Å². The van der Waals surface area contributed by atoms with Crippen LogP contribution in [0.15, 0.2) is 0 Å². The van der Waals surface area contributed by atoms with Crippen molar-refractivity contribution in [2.45, 2.75) is 56.7 Å². The fourth-order valence-electron chi connectivity index (χ4n) is 2.84. The molecule has 5 heteroatoms. The van der Waals surface area contributed by atoms with E-state index in [1.165, 1.54) is 19.1 Å². The zero-order valence-corrected chi connectivity index (χ0v) is 12.6. The lowest BCUT2D eigenvalue weighted by Gasteiger charge is -2.37. The summed E-state index contributed by atoms with van der Waals surface area (Å²) in [5.41, 5.74) is 5.67. The van der Waals surface area contributed by atoms with Gasteiger partial charge in [-0.1, -0.05) is 19.8 Å². The number of unbranched alkanes of at least 4 members (excludes halogenated alkanes) is 1. The Balaban J connectivity index is 2.61. The Bertz CT molecular complexity index is 330. The Morgan fingerprint density at radius 3 is 2.56 bits per heavy atom. The first-order chi connectivity index (χ1) is 8.49. The molecule has 1 aliphatic carbocycles. The number of sulfone groups is 1. The van der Waals surface area contributed by atoms with Crippen LogP contribution in [0.5, 0.6) is 0 Å². The number of hydrogen-bond donors (Lipinski definition) is 1. The van der Waals surface area contributed by atoms with Gasteiger partial charge in [-0.2, -0.15) is 0 Å². The molecule has 4 nitrogen and oxygen atoms in total. The molecule has 0 heterocycles. The summed E-state index contributed by atoms with van der Waals surface area (Å²) in [5.74, 6) is 0. The van der Waals surface area contributed by atoms with E-state index in [0.29, 0.717) is 12.6 Å². The molecule has 0 aromatic heterocycles. The number of nitrogens with two attached hydrogens (primary N) is 1. The largest absolute Gasteiger partial charge is 0.329 e. The molecule has 0 aromatic carbocycles. The maximum atomic E-state index is 11.7.